The molecule has 0 aromatic carbocycles. The zero-order chi connectivity index (χ0) is 16.4. The van der Waals surface area contributed by atoms with Crippen molar-refractivity contribution in [1.82, 2.24) is 14.7 Å². The minimum absolute atomic E-state index is 0.0366. The molecule has 0 radical (unpaired) electrons. The van der Waals surface area contributed by atoms with Crippen LogP contribution in [-0.2, 0) is 4.79 Å². The highest BCUT2D eigenvalue weighted by Crippen LogP contribution is 2.34. The maximum Gasteiger partial charge on any atom is 0.242 e. The maximum absolute atomic E-state index is 12.7. The van der Waals surface area contributed by atoms with E-state index in [4.69, 9.17) is 0 Å². The first-order chi connectivity index (χ1) is 11.1. The molecule has 3 heterocycles. The fraction of sp³-hybridized carbons (Fsp3) is 0.529. The number of hydrogen-bond acceptors (Lipinski definition) is 4. The van der Waals surface area contributed by atoms with Gasteiger partial charge in [0, 0.05) is 18.2 Å². The lowest BCUT2D eigenvalue weighted by Crippen LogP contribution is -2.41. The number of aromatic nitrogens is 2. The predicted octanol–water partition coefficient (Wildman–Crippen LogP) is 3.69. The SMILES string of the molecule is CC(C(=O)Nc1ccnn1C(C)C)N1CCCC1c1ccsc1. The first-order valence-corrected chi connectivity index (χ1v) is 9.14. The number of hydrogen-bond donors (Lipinski definition) is 1. The van der Waals surface area contributed by atoms with Crippen molar-refractivity contribution in [2.45, 2.75) is 51.7 Å². The Kier molecular flexibility index (Phi) is 4.82. The molecule has 0 saturated carbocycles. The van der Waals surface area contributed by atoms with E-state index in [0.717, 1.165) is 25.2 Å². The molecule has 124 valence electrons. The van der Waals surface area contributed by atoms with Crippen LogP contribution in [-0.4, -0.2) is 33.2 Å². The molecular weight excluding hydrogens is 308 g/mol. The molecule has 1 aliphatic rings. The van der Waals surface area contributed by atoms with E-state index in [-0.39, 0.29) is 18.0 Å². The van der Waals surface area contributed by atoms with Crippen LogP contribution in [0.25, 0.3) is 0 Å². The molecule has 6 heteroatoms. The molecule has 23 heavy (non-hydrogen) atoms. The Morgan fingerprint density at radius 1 is 1.39 bits per heavy atom. The van der Waals surface area contributed by atoms with Gasteiger partial charge in [-0.2, -0.15) is 16.4 Å². The van der Waals surface area contributed by atoms with Crippen LogP contribution in [0, 0.1) is 0 Å². The monoisotopic (exact) mass is 332 g/mol. The molecule has 1 fully saturated rings. The van der Waals surface area contributed by atoms with Crippen LogP contribution in [0.5, 0.6) is 0 Å². The van der Waals surface area contributed by atoms with Gasteiger partial charge >= 0.3 is 0 Å². The van der Waals surface area contributed by atoms with Crippen LogP contribution >= 0.6 is 11.3 Å². The molecule has 1 saturated heterocycles. The van der Waals surface area contributed by atoms with Gasteiger partial charge in [-0.15, -0.1) is 0 Å². The summed E-state index contributed by atoms with van der Waals surface area (Å²) in [6.07, 6.45) is 3.99. The number of thiophene rings is 1. The summed E-state index contributed by atoms with van der Waals surface area (Å²) in [6.45, 7) is 7.08. The summed E-state index contributed by atoms with van der Waals surface area (Å²) in [6, 6.07) is 4.45. The van der Waals surface area contributed by atoms with E-state index in [0.29, 0.717) is 6.04 Å². The van der Waals surface area contributed by atoms with Crippen molar-refractivity contribution in [3.63, 3.8) is 0 Å². The fourth-order valence-electron chi connectivity index (χ4n) is 3.28. The zero-order valence-corrected chi connectivity index (χ0v) is 14.7. The second-order valence-electron chi connectivity index (χ2n) is 6.37. The van der Waals surface area contributed by atoms with Gasteiger partial charge in [0.1, 0.15) is 5.82 Å². The third-order valence-electron chi connectivity index (χ3n) is 4.51. The lowest BCUT2D eigenvalue weighted by molar-refractivity contribution is -0.121. The molecular formula is C17H24N4OS. The Bertz CT molecular complexity index is 649. The second-order valence-corrected chi connectivity index (χ2v) is 7.15. The molecule has 0 bridgehead atoms. The molecule has 1 amide bonds. The van der Waals surface area contributed by atoms with Gasteiger partial charge in [0.15, 0.2) is 0 Å². The van der Waals surface area contributed by atoms with Gasteiger partial charge in [-0.25, -0.2) is 4.68 Å². The highest BCUT2D eigenvalue weighted by Gasteiger charge is 2.33. The predicted molar refractivity (Wildman–Crippen MR) is 93.7 cm³/mol. The van der Waals surface area contributed by atoms with E-state index in [1.165, 1.54) is 5.56 Å². The van der Waals surface area contributed by atoms with E-state index in [1.54, 1.807) is 17.5 Å². The number of carbonyl (C=O) groups is 1. The maximum atomic E-state index is 12.7. The van der Waals surface area contributed by atoms with Crippen molar-refractivity contribution in [1.29, 1.82) is 0 Å². The Balaban J connectivity index is 1.70. The van der Waals surface area contributed by atoms with Gasteiger partial charge in [0.05, 0.1) is 12.2 Å². The number of likely N-dealkylation sites (tertiary alicyclic amines) is 1. The van der Waals surface area contributed by atoms with Gasteiger partial charge in [-0.1, -0.05) is 0 Å². The van der Waals surface area contributed by atoms with Crippen molar-refractivity contribution < 1.29 is 4.79 Å². The molecule has 1 aliphatic heterocycles. The molecule has 2 atom stereocenters. The number of rotatable bonds is 5. The highest BCUT2D eigenvalue weighted by molar-refractivity contribution is 7.07. The molecule has 2 unspecified atom stereocenters. The third kappa shape index (κ3) is 3.33. The standard InChI is InChI=1S/C17H24N4OS/c1-12(2)21-16(6-8-18-21)19-17(22)13(3)20-9-4-5-15(20)14-7-10-23-11-14/h6-8,10-13,15H,4-5,9H2,1-3H3,(H,19,22). The second kappa shape index (κ2) is 6.84. The van der Waals surface area contributed by atoms with Crippen LogP contribution < -0.4 is 5.32 Å². The normalized spacial score (nSPS) is 20.1. The van der Waals surface area contributed by atoms with Crippen molar-refractivity contribution >= 4 is 23.1 Å². The summed E-state index contributed by atoms with van der Waals surface area (Å²) in [7, 11) is 0. The summed E-state index contributed by atoms with van der Waals surface area (Å²) < 4.78 is 1.84. The smallest absolute Gasteiger partial charge is 0.242 e. The van der Waals surface area contributed by atoms with E-state index in [2.05, 4.69) is 46.0 Å². The minimum atomic E-state index is -0.155. The molecule has 0 spiro atoms. The quantitative estimate of drug-likeness (QED) is 0.908. The summed E-state index contributed by atoms with van der Waals surface area (Å²) in [5, 5.41) is 11.6. The molecule has 5 nitrogen and oxygen atoms in total. The van der Waals surface area contributed by atoms with Crippen LogP contribution in [0.15, 0.2) is 29.1 Å². The van der Waals surface area contributed by atoms with Gasteiger partial charge in [-0.05, 0) is 62.5 Å². The fourth-order valence-corrected chi connectivity index (χ4v) is 3.99. The number of amides is 1. The first kappa shape index (κ1) is 16.2. The Morgan fingerprint density at radius 2 is 2.22 bits per heavy atom. The molecule has 2 aromatic heterocycles. The van der Waals surface area contributed by atoms with Gasteiger partial charge in [0.25, 0.3) is 0 Å². The summed E-state index contributed by atoms with van der Waals surface area (Å²) >= 11 is 1.72. The van der Waals surface area contributed by atoms with E-state index < -0.39 is 0 Å². The van der Waals surface area contributed by atoms with Crippen LogP contribution in [0.3, 0.4) is 0 Å². The van der Waals surface area contributed by atoms with E-state index >= 15 is 0 Å². The van der Waals surface area contributed by atoms with Crippen LogP contribution in [0.4, 0.5) is 5.82 Å². The number of anilines is 1. The Morgan fingerprint density at radius 3 is 2.91 bits per heavy atom. The highest BCUT2D eigenvalue weighted by atomic mass is 32.1. The summed E-state index contributed by atoms with van der Waals surface area (Å²) in [5.41, 5.74) is 1.33. The lowest BCUT2D eigenvalue weighted by atomic mass is 10.1. The zero-order valence-electron chi connectivity index (χ0n) is 13.9. The van der Waals surface area contributed by atoms with Gasteiger partial charge < -0.3 is 5.32 Å². The summed E-state index contributed by atoms with van der Waals surface area (Å²) in [5.74, 6) is 0.803. The minimum Gasteiger partial charge on any atom is -0.310 e. The lowest BCUT2D eigenvalue weighted by Gasteiger charge is -2.29. The van der Waals surface area contributed by atoms with Gasteiger partial charge in [-0.3, -0.25) is 9.69 Å². The first-order valence-electron chi connectivity index (χ1n) is 8.20. The van der Waals surface area contributed by atoms with Crippen LogP contribution in [0.1, 0.15) is 51.3 Å². The van der Waals surface area contributed by atoms with Crippen molar-refractivity contribution in [3.05, 3.63) is 34.7 Å². The average molecular weight is 332 g/mol. The van der Waals surface area contributed by atoms with Crippen molar-refractivity contribution in [2.24, 2.45) is 0 Å². The Labute approximate surface area is 141 Å². The summed E-state index contributed by atoms with van der Waals surface area (Å²) in [4.78, 5) is 15.0. The molecule has 1 N–H and O–H groups in total. The van der Waals surface area contributed by atoms with E-state index in [1.807, 2.05) is 17.7 Å². The van der Waals surface area contributed by atoms with E-state index in [9.17, 15) is 4.79 Å². The molecule has 3 rings (SSSR count). The van der Waals surface area contributed by atoms with Crippen molar-refractivity contribution in [3.8, 4) is 0 Å². The molecule has 2 aromatic rings. The third-order valence-corrected chi connectivity index (χ3v) is 5.21. The topological polar surface area (TPSA) is 50.2 Å². The number of nitrogens with one attached hydrogen (secondary N) is 1. The number of carbonyl (C=O) groups excluding carboxylic acids is 1. The number of nitrogens with zero attached hydrogens (tertiary/aromatic N) is 3. The largest absolute Gasteiger partial charge is 0.310 e. The average Bonchev–Trinajstić information content (AvgIpc) is 3.26. The van der Waals surface area contributed by atoms with Gasteiger partial charge in [0.2, 0.25) is 5.91 Å². The molecule has 0 aliphatic carbocycles. The Hall–Kier alpha value is -1.66. The van der Waals surface area contributed by atoms with Crippen LogP contribution in [0.2, 0.25) is 0 Å². The van der Waals surface area contributed by atoms with Crippen molar-refractivity contribution in [2.75, 3.05) is 11.9 Å².